The first kappa shape index (κ1) is 11.1. The number of nitrogens with two attached hydrogens (primary N) is 1. The van der Waals surface area contributed by atoms with Crippen LogP contribution in [0.15, 0.2) is 18.2 Å². The molecule has 1 heterocycles. The van der Waals surface area contributed by atoms with Crippen molar-refractivity contribution in [3.05, 3.63) is 34.9 Å². The lowest BCUT2D eigenvalue weighted by Crippen LogP contribution is -2.32. The first-order chi connectivity index (χ1) is 7.58. The minimum Gasteiger partial charge on any atom is -0.337 e. The third kappa shape index (κ3) is 2.09. The van der Waals surface area contributed by atoms with E-state index < -0.39 is 0 Å². The van der Waals surface area contributed by atoms with Crippen molar-refractivity contribution in [1.82, 2.24) is 4.90 Å². The lowest BCUT2D eigenvalue weighted by molar-refractivity contribution is 0.0790. The number of amides is 1. The summed E-state index contributed by atoms with van der Waals surface area (Å²) in [5, 5.41) is 0. The molecule has 1 aromatic rings. The van der Waals surface area contributed by atoms with E-state index in [9.17, 15) is 4.79 Å². The van der Waals surface area contributed by atoms with Crippen molar-refractivity contribution in [3.63, 3.8) is 0 Å². The van der Waals surface area contributed by atoms with Gasteiger partial charge in [0.15, 0.2) is 0 Å². The van der Waals surface area contributed by atoms with Crippen LogP contribution in [0.5, 0.6) is 0 Å². The second-order valence-electron chi connectivity index (χ2n) is 4.62. The highest BCUT2D eigenvalue weighted by atomic mass is 16.2. The number of aryl methyl sites for hydroxylation is 2. The van der Waals surface area contributed by atoms with Gasteiger partial charge in [-0.25, -0.2) is 0 Å². The normalized spacial score (nSPS) is 20.2. The standard InChI is InChI=1S/C13H18N2O/c1-9-3-4-10(2)12(7-9)13(16)15-6-5-11(14)8-15/h3-4,7,11H,5-6,8,14H2,1-2H3. The molecule has 16 heavy (non-hydrogen) atoms. The molecule has 1 atom stereocenters. The Hall–Kier alpha value is -1.35. The fraction of sp³-hybridized carbons (Fsp3) is 0.462. The molecule has 1 aliphatic rings. The molecule has 0 radical (unpaired) electrons. The summed E-state index contributed by atoms with van der Waals surface area (Å²) >= 11 is 0. The molecule has 1 aliphatic heterocycles. The third-order valence-corrected chi connectivity index (χ3v) is 3.14. The molecule has 3 heteroatoms. The van der Waals surface area contributed by atoms with Gasteiger partial charge in [-0.05, 0) is 31.9 Å². The van der Waals surface area contributed by atoms with Crippen LogP contribution >= 0.6 is 0 Å². The number of carbonyl (C=O) groups is 1. The molecular formula is C13H18N2O. The molecule has 0 aromatic heterocycles. The van der Waals surface area contributed by atoms with E-state index in [0.29, 0.717) is 6.54 Å². The summed E-state index contributed by atoms with van der Waals surface area (Å²) in [6.07, 6.45) is 0.913. The minimum atomic E-state index is 0.120. The molecule has 0 saturated carbocycles. The highest BCUT2D eigenvalue weighted by Crippen LogP contribution is 2.16. The summed E-state index contributed by atoms with van der Waals surface area (Å²) < 4.78 is 0. The number of nitrogens with zero attached hydrogens (tertiary/aromatic N) is 1. The molecule has 2 rings (SSSR count). The molecule has 1 saturated heterocycles. The average molecular weight is 218 g/mol. The molecular weight excluding hydrogens is 200 g/mol. The van der Waals surface area contributed by atoms with Crippen LogP contribution in [0.4, 0.5) is 0 Å². The summed E-state index contributed by atoms with van der Waals surface area (Å²) in [5.41, 5.74) is 8.79. The monoisotopic (exact) mass is 218 g/mol. The number of rotatable bonds is 1. The van der Waals surface area contributed by atoms with E-state index in [1.807, 2.05) is 36.9 Å². The number of likely N-dealkylation sites (tertiary alicyclic amines) is 1. The fourth-order valence-electron chi connectivity index (χ4n) is 2.11. The fourth-order valence-corrected chi connectivity index (χ4v) is 2.11. The second kappa shape index (κ2) is 4.26. The Morgan fingerprint density at radius 1 is 1.44 bits per heavy atom. The lowest BCUT2D eigenvalue weighted by atomic mass is 10.0. The molecule has 0 bridgehead atoms. The predicted octanol–water partition coefficient (Wildman–Crippen LogP) is 1.48. The maximum Gasteiger partial charge on any atom is 0.254 e. The Morgan fingerprint density at radius 3 is 2.81 bits per heavy atom. The van der Waals surface area contributed by atoms with Gasteiger partial charge in [-0.15, -0.1) is 0 Å². The number of benzene rings is 1. The van der Waals surface area contributed by atoms with Gasteiger partial charge in [0.2, 0.25) is 0 Å². The van der Waals surface area contributed by atoms with Crippen LogP contribution in [-0.4, -0.2) is 29.9 Å². The van der Waals surface area contributed by atoms with Crippen LogP contribution in [0.25, 0.3) is 0 Å². The zero-order valence-corrected chi connectivity index (χ0v) is 9.86. The molecule has 86 valence electrons. The summed E-state index contributed by atoms with van der Waals surface area (Å²) in [7, 11) is 0. The smallest absolute Gasteiger partial charge is 0.254 e. The minimum absolute atomic E-state index is 0.120. The average Bonchev–Trinajstić information content (AvgIpc) is 2.67. The Balaban J connectivity index is 2.23. The van der Waals surface area contributed by atoms with E-state index in [1.54, 1.807) is 0 Å². The maximum absolute atomic E-state index is 12.2. The lowest BCUT2D eigenvalue weighted by Gasteiger charge is -2.17. The summed E-state index contributed by atoms with van der Waals surface area (Å²) in [6.45, 7) is 5.45. The van der Waals surface area contributed by atoms with E-state index >= 15 is 0 Å². The Morgan fingerprint density at radius 2 is 2.19 bits per heavy atom. The van der Waals surface area contributed by atoms with Crippen LogP contribution < -0.4 is 5.73 Å². The Labute approximate surface area is 96.2 Å². The van der Waals surface area contributed by atoms with Gasteiger partial charge >= 0.3 is 0 Å². The van der Waals surface area contributed by atoms with E-state index in [1.165, 1.54) is 0 Å². The molecule has 3 nitrogen and oxygen atoms in total. The van der Waals surface area contributed by atoms with E-state index in [4.69, 9.17) is 5.73 Å². The van der Waals surface area contributed by atoms with Crippen molar-refractivity contribution in [2.75, 3.05) is 13.1 Å². The van der Waals surface area contributed by atoms with Gasteiger partial charge in [0.25, 0.3) is 5.91 Å². The quantitative estimate of drug-likeness (QED) is 0.776. The van der Waals surface area contributed by atoms with Crippen LogP contribution in [0.2, 0.25) is 0 Å². The molecule has 2 N–H and O–H groups in total. The first-order valence-electron chi connectivity index (χ1n) is 5.70. The van der Waals surface area contributed by atoms with Gasteiger partial charge in [0, 0.05) is 24.7 Å². The van der Waals surface area contributed by atoms with E-state index in [-0.39, 0.29) is 11.9 Å². The van der Waals surface area contributed by atoms with Crippen LogP contribution in [0.3, 0.4) is 0 Å². The van der Waals surface area contributed by atoms with Gasteiger partial charge in [0.05, 0.1) is 0 Å². The van der Waals surface area contributed by atoms with Gasteiger partial charge < -0.3 is 10.6 Å². The van der Waals surface area contributed by atoms with E-state index in [0.717, 1.165) is 29.7 Å². The van der Waals surface area contributed by atoms with Gasteiger partial charge in [-0.3, -0.25) is 4.79 Å². The molecule has 1 fully saturated rings. The maximum atomic E-state index is 12.2. The topological polar surface area (TPSA) is 46.3 Å². The molecule has 0 aliphatic carbocycles. The summed E-state index contributed by atoms with van der Waals surface area (Å²) in [5.74, 6) is 0.120. The summed E-state index contributed by atoms with van der Waals surface area (Å²) in [4.78, 5) is 14.1. The SMILES string of the molecule is Cc1ccc(C)c(C(=O)N2CCC(N)C2)c1. The van der Waals surface area contributed by atoms with Crippen LogP contribution in [0.1, 0.15) is 27.9 Å². The van der Waals surface area contributed by atoms with E-state index in [2.05, 4.69) is 0 Å². The Kier molecular flexibility index (Phi) is 2.97. The highest BCUT2D eigenvalue weighted by Gasteiger charge is 2.25. The first-order valence-corrected chi connectivity index (χ1v) is 5.70. The van der Waals surface area contributed by atoms with Crippen molar-refractivity contribution in [1.29, 1.82) is 0 Å². The molecule has 1 unspecified atom stereocenters. The second-order valence-corrected chi connectivity index (χ2v) is 4.62. The van der Waals surface area contributed by atoms with Gasteiger partial charge in [-0.1, -0.05) is 17.7 Å². The number of hydrogen-bond acceptors (Lipinski definition) is 2. The number of hydrogen-bond donors (Lipinski definition) is 1. The van der Waals surface area contributed by atoms with Crippen LogP contribution in [0, 0.1) is 13.8 Å². The largest absolute Gasteiger partial charge is 0.337 e. The van der Waals surface area contributed by atoms with Gasteiger partial charge in [0.1, 0.15) is 0 Å². The molecule has 0 spiro atoms. The van der Waals surface area contributed by atoms with Crippen LogP contribution in [-0.2, 0) is 0 Å². The predicted molar refractivity (Wildman–Crippen MR) is 64.4 cm³/mol. The zero-order chi connectivity index (χ0) is 11.7. The highest BCUT2D eigenvalue weighted by molar-refractivity contribution is 5.96. The van der Waals surface area contributed by atoms with Crippen molar-refractivity contribution >= 4 is 5.91 Å². The van der Waals surface area contributed by atoms with Crippen molar-refractivity contribution in [2.24, 2.45) is 5.73 Å². The van der Waals surface area contributed by atoms with Crippen molar-refractivity contribution < 1.29 is 4.79 Å². The Bertz CT molecular complexity index is 414. The molecule has 1 amide bonds. The van der Waals surface area contributed by atoms with Crippen molar-refractivity contribution in [2.45, 2.75) is 26.3 Å². The van der Waals surface area contributed by atoms with Gasteiger partial charge in [-0.2, -0.15) is 0 Å². The zero-order valence-electron chi connectivity index (χ0n) is 9.86. The molecule has 1 aromatic carbocycles. The summed E-state index contributed by atoms with van der Waals surface area (Å²) in [6, 6.07) is 6.14. The van der Waals surface area contributed by atoms with Crippen molar-refractivity contribution in [3.8, 4) is 0 Å². The number of carbonyl (C=O) groups excluding carboxylic acids is 1. The third-order valence-electron chi connectivity index (χ3n) is 3.14.